The standard InChI is InChI=1S/C16H15Cl2NO3S/c1-11-3-2-4-13(7-11)19-16(20)10-23(21,22)9-12-5-6-14(17)15(18)8-12/h2-8H,9-10H2,1H3,(H,19,20). The van der Waals surface area contributed by atoms with Crippen molar-refractivity contribution < 1.29 is 13.2 Å². The van der Waals surface area contributed by atoms with Gasteiger partial charge in [0.1, 0.15) is 5.75 Å². The fourth-order valence-electron chi connectivity index (χ4n) is 2.05. The second-order valence-corrected chi connectivity index (χ2v) is 8.08. The van der Waals surface area contributed by atoms with E-state index in [1.165, 1.54) is 12.1 Å². The molecule has 0 aliphatic rings. The highest BCUT2D eigenvalue weighted by Crippen LogP contribution is 2.23. The molecular formula is C16H15Cl2NO3S. The molecule has 0 atom stereocenters. The van der Waals surface area contributed by atoms with Crippen molar-refractivity contribution in [2.75, 3.05) is 11.1 Å². The van der Waals surface area contributed by atoms with Crippen LogP contribution in [0.15, 0.2) is 42.5 Å². The second-order valence-electron chi connectivity index (χ2n) is 5.20. The largest absolute Gasteiger partial charge is 0.325 e. The molecule has 1 amide bonds. The van der Waals surface area contributed by atoms with Gasteiger partial charge in [0.2, 0.25) is 5.91 Å². The third kappa shape index (κ3) is 5.53. The van der Waals surface area contributed by atoms with E-state index in [1.807, 2.05) is 13.0 Å². The molecule has 1 N–H and O–H groups in total. The molecule has 2 rings (SSSR count). The number of hydrogen-bond acceptors (Lipinski definition) is 3. The summed E-state index contributed by atoms with van der Waals surface area (Å²) in [5, 5.41) is 3.21. The van der Waals surface area contributed by atoms with Crippen LogP contribution in [0.25, 0.3) is 0 Å². The van der Waals surface area contributed by atoms with Crippen LogP contribution < -0.4 is 5.32 Å². The van der Waals surface area contributed by atoms with Crippen molar-refractivity contribution in [1.82, 2.24) is 0 Å². The first-order valence-corrected chi connectivity index (χ1v) is 9.34. The molecule has 0 aromatic heterocycles. The lowest BCUT2D eigenvalue weighted by Crippen LogP contribution is -2.24. The van der Waals surface area contributed by atoms with Crippen molar-refractivity contribution in [2.24, 2.45) is 0 Å². The quantitative estimate of drug-likeness (QED) is 0.867. The number of halogens is 2. The molecule has 0 saturated carbocycles. The number of carbonyl (C=O) groups is 1. The molecule has 0 aliphatic carbocycles. The molecule has 0 fully saturated rings. The summed E-state index contributed by atoms with van der Waals surface area (Å²) in [7, 11) is -3.61. The summed E-state index contributed by atoms with van der Waals surface area (Å²) in [5.74, 6) is -1.44. The summed E-state index contributed by atoms with van der Waals surface area (Å²) in [6.07, 6.45) is 0. The third-order valence-corrected chi connectivity index (χ3v) is 5.24. The van der Waals surface area contributed by atoms with Crippen molar-refractivity contribution >= 4 is 44.6 Å². The molecule has 122 valence electrons. The predicted octanol–water partition coefficient (Wildman–Crippen LogP) is 3.86. The van der Waals surface area contributed by atoms with Gasteiger partial charge >= 0.3 is 0 Å². The topological polar surface area (TPSA) is 63.2 Å². The summed E-state index contributed by atoms with van der Waals surface area (Å²) in [6.45, 7) is 1.89. The van der Waals surface area contributed by atoms with Crippen LogP contribution in [0, 0.1) is 6.92 Å². The minimum atomic E-state index is -3.61. The number of carbonyl (C=O) groups excluding carboxylic acids is 1. The van der Waals surface area contributed by atoms with E-state index < -0.39 is 21.5 Å². The lowest BCUT2D eigenvalue weighted by atomic mass is 10.2. The number of nitrogens with one attached hydrogen (secondary N) is 1. The maximum Gasteiger partial charge on any atom is 0.239 e. The Morgan fingerprint density at radius 1 is 1.09 bits per heavy atom. The molecule has 4 nitrogen and oxygen atoms in total. The summed E-state index contributed by atoms with van der Waals surface area (Å²) in [4.78, 5) is 11.9. The van der Waals surface area contributed by atoms with E-state index in [-0.39, 0.29) is 10.8 Å². The number of sulfone groups is 1. The van der Waals surface area contributed by atoms with Crippen LogP contribution >= 0.6 is 23.2 Å². The molecule has 0 aliphatic heterocycles. The van der Waals surface area contributed by atoms with Gasteiger partial charge in [-0.25, -0.2) is 8.42 Å². The van der Waals surface area contributed by atoms with Gasteiger partial charge in [-0.3, -0.25) is 4.79 Å². The Kier molecular flexibility index (Phi) is 5.68. The highest BCUT2D eigenvalue weighted by molar-refractivity contribution is 7.91. The molecule has 7 heteroatoms. The van der Waals surface area contributed by atoms with Crippen LogP contribution in [0.1, 0.15) is 11.1 Å². The van der Waals surface area contributed by atoms with Gasteiger partial charge in [0.25, 0.3) is 0 Å². The Morgan fingerprint density at radius 2 is 1.83 bits per heavy atom. The zero-order valence-electron chi connectivity index (χ0n) is 12.3. The van der Waals surface area contributed by atoms with Gasteiger partial charge in [-0.15, -0.1) is 0 Å². The Balaban J connectivity index is 2.02. The maximum atomic E-state index is 12.1. The smallest absolute Gasteiger partial charge is 0.239 e. The van der Waals surface area contributed by atoms with Gasteiger partial charge in [-0.05, 0) is 42.3 Å². The number of anilines is 1. The van der Waals surface area contributed by atoms with Gasteiger partial charge < -0.3 is 5.32 Å². The highest BCUT2D eigenvalue weighted by Gasteiger charge is 2.18. The molecule has 0 spiro atoms. The summed E-state index contributed by atoms with van der Waals surface area (Å²) >= 11 is 11.7. The summed E-state index contributed by atoms with van der Waals surface area (Å²) in [6, 6.07) is 11.7. The van der Waals surface area contributed by atoms with E-state index in [1.54, 1.807) is 24.3 Å². The van der Waals surface area contributed by atoms with Crippen LogP contribution in [0.3, 0.4) is 0 Å². The zero-order chi connectivity index (χ0) is 17.0. The average Bonchev–Trinajstić information content (AvgIpc) is 2.41. The minimum Gasteiger partial charge on any atom is -0.325 e. The zero-order valence-corrected chi connectivity index (χ0v) is 14.7. The van der Waals surface area contributed by atoms with Crippen LogP contribution in [0.5, 0.6) is 0 Å². The summed E-state index contributed by atoms with van der Waals surface area (Å²) in [5.41, 5.74) is 2.03. The molecule has 0 saturated heterocycles. The molecule has 0 radical (unpaired) electrons. The first kappa shape index (κ1) is 17.8. The first-order valence-electron chi connectivity index (χ1n) is 6.76. The van der Waals surface area contributed by atoms with Crippen molar-refractivity contribution in [3.63, 3.8) is 0 Å². The van der Waals surface area contributed by atoms with Crippen molar-refractivity contribution in [1.29, 1.82) is 0 Å². The Hall–Kier alpha value is -1.56. The van der Waals surface area contributed by atoms with Gasteiger partial charge in [-0.2, -0.15) is 0 Å². The second kappa shape index (κ2) is 7.34. The van der Waals surface area contributed by atoms with Gasteiger partial charge in [0, 0.05) is 5.69 Å². The van der Waals surface area contributed by atoms with Gasteiger partial charge in [0.05, 0.1) is 15.8 Å². The molecule has 0 unspecified atom stereocenters. The molecule has 23 heavy (non-hydrogen) atoms. The highest BCUT2D eigenvalue weighted by atomic mass is 35.5. The number of aryl methyl sites for hydroxylation is 1. The van der Waals surface area contributed by atoms with Crippen LogP contribution in [0.2, 0.25) is 10.0 Å². The fourth-order valence-corrected chi connectivity index (χ4v) is 3.64. The normalized spacial score (nSPS) is 11.3. The van der Waals surface area contributed by atoms with Gasteiger partial charge in [-0.1, -0.05) is 41.4 Å². The van der Waals surface area contributed by atoms with E-state index >= 15 is 0 Å². The van der Waals surface area contributed by atoms with Crippen molar-refractivity contribution in [3.05, 3.63) is 63.6 Å². The van der Waals surface area contributed by atoms with E-state index in [0.717, 1.165) is 5.56 Å². The molecule has 0 bridgehead atoms. The number of hydrogen-bond donors (Lipinski definition) is 1. The Bertz CT molecular complexity index is 835. The van der Waals surface area contributed by atoms with E-state index in [9.17, 15) is 13.2 Å². The number of amides is 1. The van der Waals surface area contributed by atoms with Crippen molar-refractivity contribution in [3.8, 4) is 0 Å². The summed E-state index contributed by atoms with van der Waals surface area (Å²) < 4.78 is 24.3. The van der Waals surface area contributed by atoms with Crippen LogP contribution in [-0.4, -0.2) is 20.1 Å². The average molecular weight is 372 g/mol. The minimum absolute atomic E-state index is 0.273. The molecule has 2 aromatic rings. The number of benzene rings is 2. The lowest BCUT2D eigenvalue weighted by Gasteiger charge is -2.08. The maximum absolute atomic E-state index is 12.1. The van der Waals surface area contributed by atoms with E-state index in [0.29, 0.717) is 16.3 Å². The van der Waals surface area contributed by atoms with E-state index in [4.69, 9.17) is 23.2 Å². The predicted molar refractivity (Wildman–Crippen MR) is 93.8 cm³/mol. The van der Waals surface area contributed by atoms with Gasteiger partial charge in [0.15, 0.2) is 9.84 Å². The first-order chi connectivity index (χ1) is 10.7. The Morgan fingerprint density at radius 3 is 2.48 bits per heavy atom. The van der Waals surface area contributed by atoms with E-state index in [2.05, 4.69) is 5.32 Å². The third-order valence-electron chi connectivity index (χ3n) is 3.02. The monoisotopic (exact) mass is 371 g/mol. The Labute approximate surface area is 145 Å². The van der Waals surface area contributed by atoms with Crippen LogP contribution in [-0.2, 0) is 20.4 Å². The van der Waals surface area contributed by atoms with Crippen LogP contribution in [0.4, 0.5) is 5.69 Å². The number of rotatable bonds is 5. The lowest BCUT2D eigenvalue weighted by molar-refractivity contribution is -0.113. The van der Waals surface area contributed by atoms with Crippen molar-refractivity contribution in [2.45, 2.75) is 12.7 Å². The molecule has 2 aromatic carbocycles. The SMILES string of the molecule is Cc1cccc(NC(=O)CS(=O)(=O)Cc2ccc(Cl)c(Cl)c2)c1. The fraction of sp³-hybridized carbons (Fsp3) is 0.188. The molecular weight excluding hydrogens is 357 g/mol. The molecule has 0 heterocycles.